The molecule has 4 nitrogen and oxygen atoms in total. The molecular weight excluding hydrogens is 320 g/mol. The second-order valence-electron chi connectivity index (χ2n) is 5.63. The number of ether oxygens (including phenoxy) is 1. The molecule has 1 aliphatic carbocycles. The molecule has 1 atom stereocenters. The first-order valence-corrected chi connectivity index (χ1v) is 7.79. The summed E-state index contributed by atoms with van der Waals surface area (Å²) in [6, 6.07) is 8.55. The van der Waals surface area contributed by atoms with E-state index in [1.54, 1.807) is 0 Å². The van der Waals surface area contributed by atoms with E-state index in [0.29, 0.717) is 6.04 Å². The summed E-state index contributed by atoms with van der Waals surface area (Å²) >= 11 is 3.53. The number of rotatable bonds is 4. The highest BCUT2D eigenvalue weighted by Gasteiger charge is 2.49. The lowest BCUT2D eigenvalue weighted by Crippen LogP contribution is -2.49. The van der Waals surface area contributed by atoms with Crippen LogP contribution in [0.3, 0.4) is 0 Å². The number of carbonyl (C=O) groups excluding carboxylic acids is 1. The van der Waals surface area contributed by atoms with E-state index in [4.69, 9.17) is 4.74 Å². The molecule has 1 heterocycles. The van der Waals surface area contributed by atoms with Crippen LogP contribution in [0.4, 0.5) is 5.69 Å². The standard InChI is InChI=1S/C15H19BrN2O2/c1-20-14(19)15(8-9-18(10-15)11-6-7-11)17-13-5-3-2-4-12(13)16/h2-5,11,17H,6-10H2,1H3. The van der Waals surface area contributed by atoms with Crippen LogP contribution in [0.25, 0.3) is 0 Å². The van der Waals surface area contributed by atoms with E-state index in [2.05, 4.69) is 26.1 Å². The van der Waals surface area contributed by atoms with Crippen molar-refractivity contribution in [1.82, 2.24) is 4.90 Å². The molecule has 1 aromatic rings. The van der Waals surface area contributed by atoms with Gasteiger partial charge < -0.3 is 10.1 Å². The van der Waals surface area contributed by atoms with Crippen molar-refractivity contribution in [3.05, 3.63) is 28.7 Å². The van der Waals surface area contributed by atoms with Crippen molar-refractivity contribution < 1.29 is 9.53 Å². The molecular formula is C15H19BrN2O2. The third kappa shape index (κ3) is 2.56. The number of halogens is 1. The van der Waals surface area contributed by atoms with Gasteiger partial charge in [-0.1, -0.05) is 12.1 Å². The van der Waals surface area contributed by atoms with E-state index in [0.717, 1.165) is 29.7 Å². The Hall–Kier alpha value is -1.07. The largest absolute Gasteiger partial charge is 0.467 e. The Balaban J connectivity index is 1.83. The van der Waals surface area contributed by atoms with Crippen molar-refractivity contribution in [2.75, 3.05) is 25.5 Å². The minimum atomic E-state index is -0.624. The average Bonchev–Trinajstić information content (AvgIpc) is 3.22. The summed E-state index contributed by atoms with van der Waals surface area (Å²) in [7, 11) is 1.46. The van der Waals surface area contributed by atoms with Gasteiger partial charge in [-0.3, -0.25) is 4.90 Å². The third-order valence-corrected chi connectivity index (χ3v) is 4.88. The van der Waals surface area contributed by atoms with Gasteiger partial charge in [-0.15, -0.1) is 0 Å². The molecule has 20 heavy (non-hydrogen) atoms. The van der Waals surface area contributed by atoms with Crippen LogP contribution >= 0.6 is 15.9 Å². The van der Waals surface area contributed by atoms with E-state index >= 15 is 0 Å². The van der Waals surface area contributed by atoms with Crippen molar-refractivity contribution in [2.45, 2.75) is 30.8 Å². The lowest BCUT2D eigenvalue weighted by atomic mass is 9.98. The summed E-state index contributed by atoms with van der Waals surface area (Å²) in [5.74, 6) is -0.170. The molecule has 5 heteroatoms. The fraction of sp³-hybridized carbons (Fsp3) is 0.533. The van der Waals surface area contributed by atoms with Gasteiger partial charge in [-0.2, -0.15) is 0 Å². The molecule has 0 spiro atoms. The Bertz CT molecular complexity index is 518. The number of nitrogens with one attached hydrogen (secondary N) is 1. The van der Waals surface area contributed by atoms with Crippen LogP contribution in [0.1, 0.15) is 19.3 Å². The maximum atomic E-state index is 12.3. The van der Waals surface area contributed by atoms with Gasteiger partial charge in [0.1, 0.15) is 5.54 Å². The van der Waals surface area contributed by atoms with Gasteiger partial charge in [-0.25, -0.2) is 4.79 Å². The number of benzene rings is 1. The topological polar surface area (TPSA) is 41.6 Å². The Labute approximate surface area is 127 Å². The normalized spacial score (nSPS) is 26.5. The average molecular weight is 339 g/mol. The smallest absolute Gasteiger partial charge is 0.332 e. The van der Waals surface area contributed by atoms with Gasteiger partial charge in [0.05, 0.1) is 7.11 Å². The van der Waals surface area contributed by atoms with Gasteiger partial charge in [0.2, 0.25) is 0 Å². The van der Waals surface area contributed by atoms with Gasteiger partial charge in [0.15, 0.2) is 0 Å². The zero-order valence-corrected chi connectivity index (χ0v) is 13.1. The summed E-state index contributed by atoms with van der Waals surface area (Å²) in [5.41, 5.74) is 0.317. The van der Waals surface area contributed by atoms with Crippen molar-refractivity contribution in [2.24, 2.45) is 0 Å². The van der Waals surface area contributed by atoms with Crippen molar-refractivity contribution in [1.29, 1.82) is 0 Å². The van der Waals surface area contributed by atoms with E-state index < -0.39 is 5.54 Å². The Morgan fingerprint density at radius 1 is 1.45 bits per heavy atom. The molecule has 1 N–H and O–H groups in total. The number of esters is 1. The number of likely N-dealkylation sites (tertiary alicyclic amines) is 1. The number of anilines is 1. The predicted octanol–water partition coefficient (Wildman–Crippen LogP) is 2.64. The summed E-state index contributed by atoms with van der Waals surface area (Å²) < 4.78 is 6.02. The highest BCUT2D eigenvalue weighted by atomic mass is 79.9. The number of nitrogens with zero attached hydrogens (tertiary/aromatic N) is 1. The molecule has 1 saturated carbocycles. The SMILES string of the molecule is COC(=O)C1(Nc2ccccc2Br)CCN(C2CC2)C1. The first-order valence-electron chi connectivity index (χ1n) is 7.00. The molecule has 0 bridgehead atoms. The van der Waals surface area contributed by atoms with Crippen LogP contribution in [0.15, 0.2) is 28.7 Å². The van der Waals surface area contributed by atoms with Crippen LogP contribution in [0.5, 0.6) is 0 Å². The second-order valence-corrected chi connectivity index (χ2v) is 6.48. The fourth-order valence-electron chi connectivity index (χ4n) is 2.93. The lowest BCUT2D eigenvalue weighted by molar-refractivity contribution is -0.145. The maximum absolute atomic E-state index is 12.3. The molecule has 0 radical (unpaired) electrons. The van der Waals surface area contributed by atoms with Crippen LogP contribution in [-0.2, 0) is 9.53 Å². The predicted molar refractivity (Wildman–Crippen MR) is 81.7 cm³/mol. The quantitative estimate of drug-likeness (QED) is 0.857. The Kier molecular flexibility index (Phi) is 3.73. The van der Waals surface area contributed by atoms with Gasteiger partial charge >= 0.3 is 5.97 Å². The molecule has 3 rings (SSSR count). The summed E-state index contributed by atoms with van der Waals surface area (Å²) in [4.78, 5) is 14.7. The van der Waals surface area contributed by atoms with E-state index in [-0.39, 0.29) is 5.97 Å². The number of carbonyl (C=O) groups is 1. The number of hydrogen-bond acceptors (Lipinski definition) is 4. The fourth-order valence-corrected chi connectivity index (χ4v) is 3.31. The third-order valence-electron chi connectivity index (χ3n) is 4.19. The molecule has 1 saturated heterocycles. The summed E-state index contributed by atoms with van der Waals surface area (Å²) in [6.45, 7) is 1.68. The van der Waals surface area contributed by atoms with Gasteiger partial charge in [-0.05, 0) is 47.3 Å². The Morgan fingerprint density at radius 2 is 2.20 bits per heavy atom. The summed E-state index contributed by atoms with van der Waals surface area (Å²) in [5, 5.41) is 3.42. The lowest BCUT2D eigenvalue weighted by Gasteiger charge is -2.29. The first-order chi connectivity index (χ1) is 9.64. The minimum absolute atomic E-state index is 0.170. The number of methoxy groups -OCH3 is 1. The molecule has 0 amide bonds. The first kappa shape index (κ1) is 13.9. The van der Waals surface area contributed by atoms with Crippen molar-refractivity contribution in [3.8, 4) is 0 Å². The van der Waals surface area contributed by atoms with E-state index in [9.17, 15) is 4.79 Å². The summed E-state index contributed by atoms with van der Waals surface area (Å²) in [6.07, 6.45) is 3.30. The molecule has 2 fully saturated rings. The highest BCUT2D eigenvalue weighted by molar-refractivity contribution is 9.10. The van der Waals surface area contributed by atoms with Crippen molar-refractivity contribution >= 4 is 27.6 Å². The Morgan fingerprint density at radius 3 is 2.85 bits per heavy atom. The monoisotopic (exact) mass is 338 g/mol. The van der Waals surface area contributed by atoms with Crippen LogP contribution in [-0.4, -0.2) is 42.6 Å². The molecule has 0 aromatic heterocycles. The molecule has 2 aliphatic rings. The molecule has 108 valence electrons. The molecule has 1 aliphatic heterocycles. The molecule has 1 aromatic carbocycles. The highest BCUT2D eigenvalue weighted by Crippen LogP contribution is 2.36. The van der Waals surface area contributed by atoms with Gasteiger partial charge in [0.25, 0.3) is 0 Å². The van der Waals surface area contributed by atoms with Gasteiger partial charge in [0, 0.05) is 29.3 Å². The maximum Gasteiger partial charge on any atom is 0.332 e. The number of para-hydroxylation sites is 1. The molecule has 1 unspecified atom stereocenters. The van der Waals surface area contributed by atoms with Crippen LogP contribution in [0.2, 0.25) is 0 Å². The number of hydrogen-bond donors (Lipinski definition) is 1. The zero-order valence-electron chi connectivity index (χ0n) is 11.6. The van der Waals surface area contributed by atoms with Crippen LogP contribution < -0.4 is 5.32 Å². The minimum Gasteiger partial charge on any atom is -0.467 e. The van der Waals surface area contributed by atoms with Crippen LogP contribution in [0, 0.1) is 0 Å². The van der Waals surface area contributed by atoms with Crippen molar-refractivity contribution in [3.63, 3.8) is 0 Å². The van der Waals surface area contributed by atoms with E-state index in [1.807, 2.05) is 24.3 Å². The zero-order chi connectivity index (χ0) is 14.2. The second kappa shape index (κ2) is 5.37. The van der Waals surface area contributed by atoms with E-state index in [1.165, 1.54) is 20.0 Å².